The zero-order valence-corrected chi connectivity index (χ0v) is 31.6. The standard InChI is InChI=1S/C53H36N4/c1-33-28-49(54-32-34(33)2)39-19-13-18-37(29-39)38-24-26-43-41-20-9-11-22-45(41)53(47(43)30-38)46-23-12-10-21-42(46)44-27-25-40(31-48(44)53)52-56-50(35-14-5-3-6-15-35)55-51(57-52)36-16-7-4-8-17-36/h3-32H,1-2H3. The molecule has 4 heteroatoms. The smallest absolute Gasteiger partial charge is 0.164 e. The Morgan fingerprint density at radius 2 is 0.789 bits per heavy atom. The van der Waals surface area contributed by atoms with Crippen LogP contribution in [0.5, 0.6) is 0 Å². The highest BCUT2D eigenvalue weighted by Crippen LogP contribution is 2.63. The van der Waals surface area contributed by atoms with Crippen molar-refractivity contribution >= 4 is 0 Å². The normalized spacial score (nSPS) is 14.6. The van der Waals surface area contributed by atoms with Gasteiger partial charge in [0.1, 0.15) is 0 Å². The van der Waals surface area contributed by atoms with E-state index in [1.165, 1.54) is 61.2 Å². The molecule has 0 amide bonds. The van der Waals surface area contributed by atoms with Gasteiger partial charge in [0, 0.05) is 28.5 Å². The number of fused-ring (bicyclic) bond motifs is 10. The first kappa shape index (κ1) is 33.1. The molecule has 9 aromatic rings. The van der Waals surface area contributed by atoms with E-state index < -0.39 is 5.41 Å². The van der Waals surface area contributed by atoms with Crippen LogP contribution >= 0.6 is 0 Å². The van der Waals surface area contributed by atoms with Crippen LogP contribution in [0.1, 0.15) is 33.4 Å². The highest BCUT2D eigenvalue weighted by atomic mass is 15.0. The molecule has 11 rings (SSSR count). The fraction of sp³-hybridized carbons (Fsp3) is 0.0566. The number of hydrogen-bond donors (Lipinski definition) is 0. The quantitative estimate of drug-likeness (QED) is 0.177. The number of rotatable bonds is 5. The molecule has 1 spiro atoms. The molecular weight excluding hydrogens is 693 g/mol. The van der Waals surface area contributed by atoms with Crippen LogP contribution in [0, 0.1) is 13.8 Å². The van der Waals surface area contributed by atoms with Crippen molar-refractivity contribution < 1.29 is 0 Å². The molecule has 2 aliphatic carbocycles. The molecule has 0 saturated heterocycles. The minimum Gasteiger partial charge on any atom is -0.256 e. The average molecular weight is 729 g/mol. The van der Waals surface area contributed by atoms with Gasteiger partial charge in [0.05, 0.1) is 11.1 Å². The molecule has 0 radical (unpaired) electrons. The van der Waals surface area contributed by atoms with Crippen molar-refractivity contribution in [1.82, 2.24) is 19.9 Å². The predicted octanol–water partition coefficient (Wildman–Crippen LogP) is 12.6. The van der Waals surface area contributed by atoms with Gasteiger partial charge in [-0.1, -0.05) is 152 Å². The van der Waals surface area contributed by atoms with Crippen molar-refractivity contribution in [1.29, 1.82) is 0 Å². The Balaban J connectivity index is 1.13. The summed E-state index contributed by atoms with van der Waals surface area (Å²) < 4.78 is 0. The molecule has 57 heavy (non-hydrogen) atoms. The number of aryl methyl sites for hydroxylation is 2. The SMILES string of the molecule is Cc1cnc(-c2cccc(-c3ccc4c(c3)C3(c5ccccc5-4)c4ccccc4-c4ccc(-c5nc(-c6ccccc6)nc(-c6ccccc6)n5)cc43)c2)cc1C. The van der Waals surface area contributed by atoms with Crippen molar-refractivity contribution in [2.24, 2.45) is 0 Å². The second-order valence-electron chi connectivity index (χ2n) is 15.1. The topological polar surface area (TPSA) is 51.6 Å². The first-order chi connectivity index (χ1) is 28.1. The first-order valence-electron chi connectivity index (χ1n) is 19.5. The molecule has 0 bridgehead atoms. The maximum atomic E-state index is 5.15. The first-order valence-corrected chi connectivity index (χ1v) is 19.5. The number of hydrogen-bond acceptors (Lipinski definition) is 4. The maximum absolute atomic E-state index is 5.15. The molecule has 1 unspecified atom stereocenters. The van der Waals surface area contributed by atoms with Gasteiger partial charge in [-0.2, -0.15) is 0 Å². The fourth-order valence-electron chi connectivity index (χ4n) is 9.04. The van der Waals surface area contributed by atoms with E-state index in [1.54, 1.807) is 0 Å². The Hall–Kier alpha value is -7.30. The van der Waals surface area contributed by atoms with Gasteiger partial charge >= 0.3 is 0 Å². The minimum atomic E-state index is -0.547. The third kappa shape index (κ3) is 5.14. The summed E-state index contributed by atoms with van der Waals surface area (Å²) in [5.41, 5.74) is 19.3. The lowest BCUT2D eigenvalue weighted by Crippen LogP contribution is -2.26. The largest absolute Gasteiger partial charge is 0.256 e. The second kappa shape index (κ2) is 12.9. The summed E-state index contributed by atoms with van der Waals surface area (Å²) >= 11 is 0. The molecule has 1 atom stereocenters. The Kier molecular flexibility index (Phi) is 7.48. The van der Waals surface area contributed by atoms with Crippen LogP contribution < -0.4 is 0 Å². The van der Waals surface area contributed by atoms with Crippen LogP contribution in [-0.2, 0) is 5.41 Å². The summed E-state index contributed by atoms with van der Waals surface area (Å²) in [6.45, 7) is 4.26. The molecule has 0 N–H and O–H groups in total. The van der Waals surface area contributed by atoms with Crippen molar-refractivity contribution in [2.45, 2.75) is 19.3 Å². The van der Waals surface area contributed by atoms with E-state index in [4.69, 9.17) is 19.9 Å². The average Bonchev–Trinajstić information content (AvgIpc) is 3.74. The van der Waals surface area contributed by atoms with Gasteiger partial charge in [-0.05, 0) is 105 Å². The lowest BCUT2D eigenvalue weighted by Gasteiger charge is -2.31. The van der Waals surface area contributed by atoms with E-state index in [1.807, 2.05) is 42.6 Å². The van der Waals surface area contributed by atoms with E-state index in [9.17, 15) is 0 Å². The van der Waals surface area contributed by atoms with Crippen molar-refractivity contribution in [3.05, 3.63) is 216 Å². The van der Waals surface area contributed by atoms with Gasteiger partial charge in [-0.3, -0.25) is 4.98 Å². The van der Waals surface area contributed by atoms with Crippen LogP contribution in [0.15, 0.2) is 182 Å². The lowest BCUT2D eigenvalue weighted by molar-refractivity contribution is 0.794. The van der Waals surface area contributed by atoms with Crippen molar-refractivity contribution in [3.8, 4) is 78.8 Å². The van der Waals surface area contributed by atoms with E-state index in [2.05, 4.69) is 153 Å². The zero-order valence-electron chi connectivity index (χ0n) is 31.6. The van der Waals surface area contributed by atoms with E-state index in [0.29, 0.717) is 17.5 Å². The molecule has 4 nitrogen and oxygen atoms in total. The Bertz CT molecular complexity index is 2970. The van der Waals surface area contributed by atoms with Crippen LogP contribution in [0.3, 0.4) is 0 Å². The molecular formula is C53H36N4. The van der Waals surface area contributed by atoms with Crippen LogP contribution in [-0.4, -0.2) is 19.9 Å². The number of nitrogens with zero attached hydrogens (tertiary/aromatic N) is 4. The van der Waals surface area contributed by atoms with Gasteiger partial charge in [0.25, 0.3) is 0 Å². The maximum Gasteiger partial charge on any atom is 0.164 e. The number of pyridine rings is 1. The van der Waals surface area contributed by atoms with Crippen molar-refractivity contribution in [3.63, 3.8) is 0 Å². The van der Waals surface area contributed by atoms with Gasteiger partial charge in [-0.25, -0.2) is 15.0 Å². The lowest BCUT2D eigenvalue weighted by atomic mass is 9.70. The molecule has 2 aromatic heterocycles. The molecule has 0 aliphatic heterocycles. The second-order valence-corrected chi connectivity index (χ2v) is 15.1. The third-order valence-electron chi connectivity index (χ3n) is 11.9. The summed E-state index contributed by atoms with van der Waals surface area (Å²) in [4.78, 5) is 20.1. The van der Waals surface area contributed by atoms with E-state index in [0.717, 1.165) is 33.5 Å². The summed E-state index contributed by atoms with van der Waals surface area (Å²) in [6, 6.07) is 63.1. The van der Waals surface area contributed by atoms with Crippen LogP contribution in [0.25, 0.3) is 78.8 Å². The summed E-state index contributed by atoms with van der Waals surface area (Å²) in [6.07, 6.45) is 1.97. The van der Waals surface area contributed by atoms with E-state index >= 15 is 0 Å². The van der Waals surface area contributed by atoms with Gasteiger partial charge in [-0.15, -0.1) is 0 Å². The molecule has 2 heterocycles. The molecule has 0 saturated carbocycles. The van der Waals surface area contributed by atoms with Crippen molar-refractivity contribution in [2.75, 3.05) is 0 Å². The number of aromatic nitrogens is 4. The third-order valence-corrected chi connectivity index (χ3v) is 11.9. The van der Waals surface area contributed by atoms with Crippen LogP contribution in [0.4, 0.5) is 0 Å². The molecule has 2 aliphatic rings. The molecule has 0 fully saturated rings. The highest BCUT2D eigenvalue weighted by molar-refractivity contribution is 5.96. The predicted molar refractivity (Wildman–Crippen MR) is 231 cm³/mol. The van der Waals surface area contributed by atoms with E-state index in [-0.39, 0.29) is 0 Å². The molecule has 268 valence electrons. The molecule has 7 aromatic carbocycles. The summed E-state index contributed by atoms with van der Waals surface area (Å²) in [5.74, 6) is 1.95. The zero-order chi connectivity index (χ0) is 38.1. The van der Waals surface area contributed by atoms with Gasteiger partial charge in [0.2, 0.25) is 0 Å². The Morgan fingerprint density at radius 1 is 0.333 bits per heavy atom. The Morgan fingerprint density at radius 3 is 1.39 bits per heavy atom. The van der Waals surface area contributed by atoms with Gasteiger partial charge < -0.3 is 0 Å². The Labute approximate surface area is 332 Å². The monoisotopic (exact) mass is 728 g/mol. The fourth-order valence-corrected chi connectivity index (χ4v) is 9.04. The number of benzene rings is 7. The summed E-state index contributed by atoms with van der Waals surface area (Å²) in [5, 5.41) is 0. The summed E-state index contributed by atoms with van der Waals surface area (Å²) in [7, 11) is 0. The van der Waals surface area contributed by atoms with Crippen LogP contribution in [0.2, 0.25) is 0 Å². The highest BCUT2D eigenvalue weighted by Gasteiger charge is 2.51. The van der Waals surface area contributed by atoms with Gasteiger partial charge in [0.15, 0.2) is 17.5 Å². The minimum absolute atomic E-state index is 0.547.